The molecule has 2 aliphatic heterocycles. The first-order valence-electron chi connectivity index (χ1n) is 13.7. The summed E-state index contributed by atoms with van der Waals surface area (Å²) in [5.74, 6) is -0.155. The standard InChI is InChI=1S/C29H39N7O2/c1-4-30-12-13-31-28(37)19-34(20-29(38)33(3)35-17-22-9-5-6-10-23(22)18-35)27-16-25-24(15-21(27)2)26-11-7-8-14-36(26)32-25/h5-6,9-10,15-16,30H,4,7-8,11-14,17-20H2,1-3H3,(H,31,37). The number of aryl methyl sites for hydroxylation is 3. The van der Waals surface area contributed by atoms with Crippen LogP contribution in [0.1, 0.15) is 42.1 Å². The number of aromatic nitrogens is 2. The minimum absolute atomic E-state index is 0.0538. The van der Waals surface area contributed by atoms with E-state index in [1.807, 2.05) is 31.0 Å². The second kappa shape index (κ2) is 11.5. The zero-order valence-corrected chi connectivity index (χ0v) is 22.8. The molecule has 0 radical (unpaired) electrons. The van der Waals surface area contributed by atoms with E-state index in [9.17, 15) is 9.59 Å². The van der Waals surface area contributed by atoms with Gasteiger partial charge in [0.1, 0.15) is 0 Å². The Bertz CT molecular complexity index is 1290. The van der Waals surface area contributed by atoms with Crippen LogP contribution in [0.15, 0.2) is 36.4 Å². The maximum atomic E-state index is 13.6. The highest BCUT2D eigenvalue weighted by atomic mass is 16.2. The summed E-state index contributed by atoms with van der Waals surface area (Å²) in [7, 11) is 1.82. The summed E-state index contributed by atoms with van der Waals surface area (Å²) >= 11 is 0. The van der Waals surface area contributed by atoms with Gasteiger partial charge in [0.2, 0.25) is 5.91 Å². The first-order valence-corrected chi connectivity index (χ1v) is 13.7. The molecule has 9 heteroatoms. The van der Waals surface area contributed by atoms with Gasteiger partial charge in [0.15, 0.2) is 0 Å². The number of hydrazine groups is 1. The van der Waals surface area contributed by atoms with E-state index in [0.717, 1.165) is 42.7 Å². The summed E-state index contributed by atoms with van der Waals surface area (Å²) in [5, 5.41) is 16.0. The molecule has 0 fully saturated rings. The second-order valence-corrected chi connectivity index (χ2v) is 10.4. The van der Waals surface area contributed by atoms with Crippen LogP contribution in [0.2, 0.25) is 0 Å². The number of benzene rings is 2. The van der Waals surface area contributed by atoms with Gasteiger partial charge in [-0.25, -0.2) is 5.01 Å². The number of carbonyl (C=O) groups excluding carboxylic acids is 2. The Hall–Kier alpha value is -3.43. The van der Waals surface area contributed by atoms with Gasteiger partial charge < -0.3 is 15.5 Å². The number of likely N-dealkylation sites (N-methyl/N-ethyl adjacent to an activating group) is 2. The summed E-state index contributed by atoms with van der Waals surface area (Å²) in [4.78, 5) is 28.4. The van der Waals surface area contributed by atoms with Crippen molar-refractivity contribution in [3.8, 4) is 0 Å². The van der Waals surface area contributed by atoms with Gasteiger partial charge in [-0.2, -0.15) is 5.10 Å². The SMILES string of the molecule is CCNCCNC(=O)CN(CC(=O)N(C)N1Cc2ccccc2C1)c1cc2nn3c(c2cc1C)CCCC3. The normalized spacial score (nSPS) is 14.8. The number of fused-ring (bicyclic) bond motifs is 4. The molecule has 0 aliphatic carbocycles. The van der Waals surface area contributed by atoms with Crippen LogP contribution in [0, 0.1) is 6.92 Å². The fraction of sp³-hybridized carbons (Fsp3) is 0.483. The highest BCUT2D eigenvalue weighted by Crippen LogP contribution is 2.31. The van der Waals surface area contributed by atoms with E-state index in [-0.39, 0.29) is 24.9 Å². The molecule has 1 aromatic heterocycles. The average Bonchev–Trinajstić information content (AvgIpc) is 3.51. The molecule has 0 spiro atoms. The van der Waals surface area contributed by atoms with E-state index in [2.05, 4.69) is 51.5 Å². The molecule has 0 bridgehead atoms. The highest BCUT2D eigenvalue weighted by molar-refractivity contribution is 5.91. The number of nitrogens with zero attached hydrogens (tertiary/aromatic N) is 5. The molecule has 0 unspecified atom stereocenters. The molecular weight excluding hydrogens is 478 g/mol. The van der Waals surface area contributed by atoms with Gasteiger partial charge in [0.25, 0.3) is 5.91 Å². The number of amides is 2. The predicted molar refractivity (Wildman–Crippen MR) is 150 cm³/mol. The average molecular weight is 518 g/mol. The van der Waals surface area contributed by atoms with Crippen LogP contribution < -0.4 is 15.5 Å². The fourth-order valence-corrected chi connectivity index (χ4v) is 5.55. The third-order valence-electron chi connectivity index (χ3n) is 7.68. The van der Waals surface area contributed by atoms with E-state index in [1.54, 1.807) is 5.01 Å². The number of carbonyl (C=O) groups is 2. The minimum atomic E-state index is -0.101. The molecule has 2 aliphatic rings. The first kappa shape index (κ1) is 26.2. The topological polar surface area (TPSA) is 85.7 Å². The summed E-state index contributed by atoms with van der Waals surface area (Å²) < 4.78 is 2.12. The molecule has 2 aromatic carbocycles. The van der Waals surface area contributed by atoms with Gasteiger partial charge in [0, 0.05) is 56.5 Å². The molecule has 0 saturated heterocycles. The van der Waals surface area contributed by atoms with Crippen molar-refractivity contribution in [2.24, 2.45) is 0 Å². The van der Waals surface area contributed by atoms with Crippen molar-refractivity contribution in [1.82, 2.24) is 30.4 Å². The zero-order chi connectivity index (χ0) is 26.6. The summed E-state index contributed by atoms with van der Waals surface area (Å²) in [6.45, 7) is 8.77. The van der Waals surface area contributed by atoms with Crippen LogP contribution in [0.4, 0.5) is 5.69 Å². The number of rotatable bonds is 10. The Kier molecular flexibility index (Phi) is 7.95. The smallest absolute Gasteiger partial charge is 0.256 e. The Morgan fingerprint density at radius 1 is 1.05 bits per heavy atom. The minimum Gasteiger partial charge on any atom is -0.353 e. The maximum absolute atomic E-state index is 13.6. The van der Waals surface area contributed by atoms with Crippen molar-refractivity contribution in [1.29, 1.82) is 0 Å². The largest absolute Gasteiger partial charge is 0.353 e. The zero-order valence-electron chi connectivity index (χ0n) is 22.8. The van der Waals surface area contributed by atoms with Crippen LogP contribution in [-0.2, 0) is 35.6 Å². The molecule has 5 rings (SSSR count). The van der Waals surface area contributed by atoms with Gasteiger partial charge >= 0.3 is 0 Å². The van der Waals surface area contributed by atoms with Gasteiger partial charge in [-0.1, -0.05) is 31.2 Å². The van der Waals surface area contributed by atoms with Gasteiger partial charge in [0.05, 0.1) is 18.6 Å². The Morgan fingerprint density at radius 3 is 2.55 bits per heavy atom. The van der Waals surface area contributed by atoms with Crippen LogP contribution in [0.25, 0.3) is 10.9 Å². The molecule has 2 amide bonds. The lowest BCUT2D eigenvalue weighted by Gasteiger charge is -2.32. The van der Waals surface area contributed by atoms with Crippen molar-refractivity contribution in [3.63, 3.8) is 0 Å². The van der Waals surface area contributed by atoms with Gasteiger partial charge in [-0.15, -0.1) is 0 Å². The van der Waals surface area contributed by atoms with Crippen molar-refractivity contribution < 1.29 is 9.59 Å². The van der Waals surface area contributed by atoms with Crippen LogP contribution in [0.5, 0.6) is 0 Å². The van der Waals surface area contributed by atoms with E-state index in [0.29, 0.717) is 26.2 Å². The van der Waals surface area contributed by atoms with Crippen LogP contribution in [0.3, 0.4) is 0 Å². The van der Waals surface area contributed by atoms with E-state index in [4.69, 9.17) is 5.10 Å². The Balaban J connectivity index is 1.37. The van der Waals surface area contributed by atoms with E-state index < -0.39 is 0 Å². The van der Waals surface area contributed by atoms with E-state index >= 15 is 0 Å². The van der Waals surface area contributed by atoms with Crippen molar-refractivity contribution in [3.05, 3.63) is 58.8 Å². The Labute approximate surface area is 224 Å². The molecule has 202 valence electrons. The molecule has 9 nitrogen and oxygen atoms in total. The highest BCUT2D eigenvalue weighted by Gasteiger charge is 2.27. The predicted octanol–water partition coefficient (Wildman–Crippen LogP) is 2.60. The fourth-order valence-electron chi connectivity index (χ4n) is 5.55. The quantitative estimate of drug-likeness (QED) is 0.402. The first-order chi connectivity index (χ1) is 18.4. The molecule has 3 heterocycles. The summed E-state index contributed by atoms with van der Waals surface area (Å²) in [5.41, 5.74) is 6.63. The molecule has 2 N–H and O–H groups in total. The molecular formula is C29H39N7O2. The van der Waals surface area contributed by atoms with E-state index in [1.165, 1.54) is 28.6 Å². The number of nitrogens with one attached hydrogen (secondary N) is 2. The van der Waals surface area contributed by atoms with Gasteiger partial charge in [-0.3, -0.25) is 19.3 Å². The lowest BCUT2D eigenvalue weighted by Crippen LogP contribution is -2.48. The third kappa shape index (κ3) is 5.54. The number of hydrogen-bond acceptors (Lipinski definition) is 6. The molecule has 3 aromatic rings. The van der Waals surface area contributed by atoms with Crippen molar-refractivity contribution in [2.75, 3.05) is 44.7 Å². The third-order valence-corrected chi connectivity index (χ3v) is 7.68. The van der Waals surface area contributed by atoms with Crippen molar-refractivity contribution >= 4 is 28.4 Å². The maximum Gasteiger partial charge on any atom is 0.256 e. The molecule has 38 heavy (non-hydrogen) atoms. The Morgan fingerprint density at radius 2 is 1.82 bits per heavy atom. The molecule has 0 atom stereocenters. The molecule has 0 saturated carbocycles. The number of anilines is 1. The van der Waals surface area contributed by atoms with Crippen LogP contribution >= 0.6 is 0 Å². The summed E-state index contributed by atoms with van der Waals surface area (Å²) in [6.07, 6.45) is 3.36. The monoisotopic (exact) mass is 517 g/mol. The van der Waals surface area contributed by atoms with Gasteiger partial charge in [-0.05, 0) is 61.6 Å². The lowest BCUT2D eigenvalue weighted by molar-refractivity contribution is -0.145. The lowest BCUT2D eigenvalue weighted by atomic mass is 10.0. The van der Waals surface area contributed by atoms with Crippen LogP contribution in [-0.4, -0.2) is 71.4 Å². The second-order valence-electron chi connectivity index (χ2n) is 10.4. The summed E-state index contributed by atoms with van der Waals surface area (Å²) in [6, 6.07) is 12.5. The number of hydrogen-bond donors (Lipinski definition) is 2. The van der Waals surface area contributed by atoms with Crippen molar-refractivity contribution in [2.45, 2.75) is 52.7 Å².